The van der Waals surface area contributed by atoms with Gasteiger partial charge in [0, 0.05) is 17.7 Å². The molecule has 0 saturated heterocycles. The van der Waals surface area contributed by atoms with E-state index in [2.05, 4.69) is 10.3 Å². The Labute approximate surface area is 187 Å². The zero-order valence-corrected chi connectivity index (χ0v) is 18.6. The maximum atomic E-state index is 15.3. The summed E-state index contributed by atoms with van der Waals surface area (Å²) in [6, 6.07) is 1.83. The normalized spacial score (nSPS) is 13.9. The van der Waals surface area contributed by atoms with Gasteiger partial charge in [-0.1, -0.05) is 27.7 Å². The number of rotatable bonds is 5. The van der Waals surface area contributed by atoms with Gasteiger partial charge >= 0.3 is 6.18 Å². The lowest BCUT2D eigenvalue weighted by Gasteiger charge is -2.36. The number of amidine groups is 1. The van der Waals surface area contributed by atoms with Crippen LogP contribution in [0, 0.1) is 28.3 Å². The molecule has 3 N–H and O–H groups in total. The monoisotopic (exact) mass is 474 g/mol. The van der Waals surface area contributed by atoms with Gasteiger partial charge in [0.25, 0.3) is 5.91 Å². The summed E-state index contributed by atoms with van der Waals surface area (Å²) in [6.07, 6.45) is -4.18. The number of hydrogen-bond acceptors (Lipinski definition) is 3. The van der Waals surface area contributed by atoms with Crippen LogP contribution < -0.4 is 10.6 Å². The van der Waals surface area contributed by atoms with Crippen LogP contribution in [0.15, 0.2) is 24.4 Å². The molecule has 180 valence electrons. The van der Waals surface area contributed by atoms with Crippen LogP contribution in [0.25, 0.3) is 0 Å². The molecule has 0 radical (unpaired) electrons. The van der Waals surface area contributed by atoms with E-state index < -0.39 is 63.0 Å². The van der Waals surface area contributed by atoms with Gasteiger partial charge in [0.05, 0.1) is 28.2 Å². The Bertz CT molecular complexity index is 1060. The van der Waals surface area contributed by atoms with Crippen molar-refractivity contribution in [2.45, 2.75) is 52.8 Å². The van der Waals surface area contributed by atoms with E-state index in [4.69, 9.17) is 5.41 Å². The van der Waals surface area contributed by atoms with Crippen LogP contribution in [-0.2, 0) is 11.7 Å². The van der Waals surface area contributed by atoms with Crippen molar-refractivity contribution in [2.24, 2.45) is 5.41 Å². The largest absolute Gasteiger partial charge is 0.417 e. The molecule has 0 aliphatic carbocycles. The average Bonchev–Trinajstić information content (AvgIpc) is 2.70. The van der Waals surface area contributed by atoms with Gasteiger partial charge < -0.3 is 10.6 Å². The Morgan fingerprint density at radius 2 is 1.67 bits per heavy atom. The molecular formula is C22H24F6N4O. The van der Waals surface area contributed by atoms with E-state index >= 15 is 4.39 Å². The van der Waals surface area contributed by atoms with Crippen molar-refractivity contribution in [1.82, 2.24) is 10.3 Å². The molecule has 1 aromatic carbocycles. The van der Waals surface area contributed by atoms with Gasteiger partial charge in [-0.25, -0.2) is 13.2 Å². The second-order valence-corrected chi connectivity index (χ2v) is 8.73. The van der Waals surface area contributed by atoms with E-state index in [1.54, 1.807) is 27.7 Å². The molecule has 0 saturated carbocycles. The van der Waals surface area contributed by atoms with Crippen molar-refractivity contribution in [3.05, 3.63) is 58.7 Å². The molecule has 2 aromatic rings. The van der Waals surface area contributed by atoms with Crippen molar-refractivity contribution in [3.63, 3.8) is 0 Å². The Morgan fingerprint density at radius 1 is 1.06 bits per heavy atom. The first kappa shape index (κ1) is 26.1. The number of nitrogens with zero attached hydrogens (tertiary/aromatic N) is 1. The zero-order chi connectivity index (χ0) is 25.4. The highest BCUT2D eigenvalue weighted by molar-refractivity contribution is 6.03. The molecule has 1 aromatic heterocycles. The molecule has 0 unspecified atom stereocenters. The third kappa shape index (κ3) is 5.63. The van der Waals surface area contributed by atoms with Gasteiger partial charge in [0.1, 0.15) is 5.69 Å². The SMILES string of the molecule is CC[C@](C)(NC(=N)C(C)(C)C)c1c(F)c(F)cc(NC(=O)c2ccc(C(F)(F)F)cn2)c1F. The summed E-state index contributed by atoms with van der Waals surface area (Å²) in [5.41, 5.74) is -5.27. The topological polar surface area (TPSA) is 77.9 Å². The molecule has 5 nitrogen and oxygen atoms in total. The summed E-state index contributed by atoms with van der Waals surface area (Å²) in [5.74, 6) is -5.39. The van der Waals surface area contributed by atoms with Crippen molar-refractivity contribution in [3.8, 4) is 0 Å². The van der Waals surface area contributed by atoms with Crippen molar-refractivity contribution in [1.29, 1.82) is 5.41 Å². The number of hydrogen-bond donors (Lipinski definition) is 3. The third-order valence-electron chi connectivity index (χ3n) is 5.14. The Kier molecular flexibility index (Phi) is 7.15. The molecule has 0 fully saturated rings. The van der Waals surface area contributed by atoms with Gasteiger partial charge in [0.15, 0.2) is 17.5 Å². The summed E-state index contributed by atoms with van der Waals surface area (Å²) in [7, 11) is 0. The van der Waals surface area contributed by atoms with Crippen LogP contribution in [0.4, 0.5) is 32.0 Å². The van der Waals surface area contributed by atoms with Crippen LogP contribution in [0.3, 0.4) is 0 Å². The lowest BCUT2D eigenvalue weighted by Crippen LogP contribution is -2.48. The molecule has 0 spiro atoms. The van der Waals surface area contributed by atoms with Gasteiger partial charge in [-0.3, -0.25) is 15.2 Å². The van der Waals surface area contributed by atoms with E-state index in [9.17, 15) is 26.7 Å². The first-order valence-corrected chi connectivity index (χ1v) is 9.91. The molecule has 33 heavy (non-hydrogen) atoms. The van der Waals surface area contributed by atoms with Crippen molar-refractivity contribution in [2.75, 3.05) is 5.32 Å². The number of benzene rings is 1. The fourth-order valence-electron chi connectivity index (χ4n) is 2.85. The number of aromatic nitrogens is 1. The Hall–Kier alpha value is -3.11. The molecule has 0 bridgehead atoms. The summed E-state index contributed by atoms with van der Waals surface area (Å²) in [5, 5.41) is 12.9. The second-order valence-electron chi connectivity index (χ2n) is 8.73. The maximum Gasteiger partial charge on any atom is 0.417 e. The highest BCUT2D eigenvalue weighted by Crippen LogP contribution is 2.35. The fraction of sp³-hybridized carbons (Fsp3) is 0.409. The molecule has 2 rings (SSSR count). The smallest absolute Gasteiger partial charge is 0.364 e. The highest BCUT2D eigenvalue weighted by Gasteiger charge is 2.37. The molecule has 1 amide bonds. The lowest BCUT2D eigenvalue weighted by molar-refractivity contribution is -0.137. The van der Waals surface area contributed by atoms with Crippen LogP contribution >= 0.6 is 0 Å². The quantitative estimate of drug-likeness (QED) is 0.215. The summed E-state index contributed by atoms with van der Waals surface area (Å²) >= 11 is 0. The number of amides is 1. The van der Waals surface area contributed by atoms with Crippen LogP contribution in [0.1, 0.15) is 62.7 Å². The van der Waals surface area contributed by atoms with Crippen LogP contribution in [0.2, 0.25) is 0 Å². The minimum atomic E-state index is -4.67. The predicted molar refractivity (Wildman–Crippen MR) is 111 cm³/mol. The van der Waals surface area contributed by atoms with Gasteiger partial charge in [-0.15, -0.1) is 0 Å². The Balaban J connectivity index is 2.46. The van der Waals surface area contributed by atoms with Gasteiger partial charge in [-0.2, -0.15) is 13.2 Å². The van der Waals surface area contributed by atoms with Crippen molar-refractivity contribution < 1.29 is 31.1 Å². The first-order chi connectivity index (χ1) is 15.0. The van der Waals surface area contributed by atoms with E-state index in [0.717, 1.165) is 6.07 Å². The van der Waals surface area contributed by atoms with Crippen molar-refractivity contribution >= 4 is 17.4 Å². The summed E-state index contributed by atoms with van der Waals surface area (Å²) in [4.78, 5) is 15.8. The van der Waals surface area contributed by atoms with E-state index in [1.807, 2.05) is 5.32 Å². The minimum absolute atomic E-state index is 0.0468. The van der Waals surface area contributed by atoms with Crippen LogP contribution in [0.5, 0.6) is 0 Å². The van der Waals surface area contributed by atoms with Crippen LogP contribution in [-0.4, -0.2) is 16.7 Å². The highest BCUT2D eigenvalue weighted by atomic mass is 19.4. The molecule has 0 aliphatic heterocycles. The molecule has 1 heterocycles. The molecule has 11 heteroatoms. The number of alkyl halides is 3. The lowest BCUT2D eigenvalue weighted by atomic mass is 9.85. The maximum absolute atomic E-state index is 15.3. The molecule has 0 aliphatic rings. The number of carbonyl (C=O) groups is 1. The fourth-order valence-corrected chi connectivity index (χ4v) is 2.85. The third-order valence-corrected chi connectivity index (χ3v) is 5.14. The summed E-state index contributed by atoms with van der Waals surface area (Å²) < 4.78 is 82.5. The van der Waals surface area contributed by atoms with E-state index in [-0.39, 0.29) is 12.3 Å². The van der Waals surface area contributed by atoms with Gasteiger partial charge in [0.2, 0.25) is 0 Å². The Morgan fingerprint density at radius 3 is 2.12 bits per heavy atom. The predicted octanol–water partition coefficient (Wildman–Crippen LogP) is 6.01. The summed E-state index contributed by atoms with van der Waals surface area (Å²) in [6.45, 7) is 8.09. The van der Waals surface area contributed by atoms with E-state index in [1.165, 1.54) is 6.92 Å². The second kappa shape index (κ2) is 9.03. The van der Waals surface area contributed by atoms with Gasteiger partial charge in [-0.05, 0) is 25.5 Å². The minimum Gasteiger partial charge on any atom is -0.364 e. The zero-order valence-electron chi connectivity index (χ0n) is 18.6. The number of carbonyl (C=O) groups excluding carboxylic acids is 1. The number of pyridine rings is 1. The molecular weight excluding hydrogens is 450 g/mol. The number of halogens is 6. The average molecular weight is 474 g/mol. The molecule has 1 atom stereocenters. The number of anilines is 1. The van der Waals surface area contributed by atoms with E-state index in [0.29, 0.717) is 18.3 Å². The standard InChI is InChI=1S/C22H24F6N4O/c1-6-21(5,32-19(29)20(2,3)4)15-16(24)12(23)9-14(17(15)25)31-18(33)13-8-7-11(10-30-13)22(26,27)28/h7-10H,6H2,1-5H3,(H2,29,32)(H,31,33)/t21-/m0/s1. The first-order valence-electron chi connectivity index (χ1n) is 9.91. The number of nitrogens with one attached hydrogen (secondary N) is 3.